The minimum atomic E-state index is 0. The number of halogens is 1. The molecule has 0 bridgehead atoms. The Labute approximate surface area is 65.6 Å². The average molecular weight is 157 g/mol. The summed E-state index contributed by atoms with van der Waals surface area (Å²) in [6.45, 7) is 0. The highest BCUT2D eigenvalue weighted by Crippen LogP contribution is 1.90. The fourth-order valence-electron chi connectivity index (χ4n) is 0.617. The molecule has 3 heteroatoms. The van der Waals surface area contributed by atoms with Crippen LogP contribution in [0.4, 0.5) is 0 Å². The highest BCUT2D eigenvalue weighted by Gasteiger charge is 1.82. The van der Waals surface area contributed by atoms with Crippen molar-refractivity contribution in [2.45, 2.75) is 0 Å². The Balaban J connectivity index is 0.000000810. The highest BCUT2D eigenvalue weighted by atomic mass is 35.5. The lowest BCUT2D eigenvalue weighted by Gasteiger charge is -1.84. The topological polar surface area (TPSA) is 37.0 Å². The van der Waals surface area contributed by atoms with E-state index in [2.05, 4.69) is 0 Å². The number of benzene rings is 1. The molecule has 0 radical (unpaired) electrons. The Morgan fingerprint density at radius 3 is 2.30 bits per heavy atom. The van der Waals surface area contributed by atoms with Gasteiger partial charge in [0.25, 0.3) is 0 Å². The number of nitrogens with one attached hydrogen (secondary N) is 1. The predicted octanol–water partition coefficient (Wildman–Crippen LogP) is -3.31. The highest BCUT2D eigenvalue weighted by molar-refractivity contribution is 5.74. The molecule has 1 aromatic rings. The zero-order valence-corrected chi connectivity index (χ0v) is 6.01. The van der Waals surface area contributed by atoms with Gasteiger partial charge in [-0.25, -0.2) is 5.16 Å². The van der Waals surface area contributed by atoms with Crippen LogP contribution in [0.15, 0.2) is 30.3 Å². The van der Waals surface area contributed by atoms with Crippen LogP contribution < -0.4 is 17.6 Å². The molecule has 0 saturated carbocycles. The molecular weight excluding hydrogens is 150 g/mol. The summed E-state index contributed by atoms with van der Waals surface area (Å²) >= 11 is 0. The van der Waals surface area contributed by atoms with E-state index in [0.29, 0.717) is 0 Å². The van der Waals surface area contributed by atoms with Crippen molar-refractivity contribution < 1.29 is 17.6 Å². The van der Waals surface area contributed by atoms with Crippen LogP contribution >= 0.6 is 0 Å². The van der Waals surface area contributed by atoms with Crippen molar-refractivity contribution in [3.8, 4) is 0 Å². The van der Waals surface area contributed by atoms with Crippen LogP contribution in [0, 0.1) is 5.21 Å². The fourth-order valence-corrected chi connectivity index (χ4v) is 0.617. The van der Waals surface area contributed by atoms with Gasteiger partial charge in [-0.1, -0.05) is 18.2 Å². The molecule has 54 valence electrons. The maximum atomic E-state index is 9.79. The third-order valence-electron chi connectivity index (χ3n) is 1.03. The van der Waals surface area contributed by atoms with E-state index in [1.807, 2.05) is 30.3 Å². The number of rotatable bonds is 1. The molecule has 0 aliphatic rings. The first-order valence-corrected chi connectivity index (χ1v) is 2.69. The second-order valence-electron chi connectivity index (χ2n) is 1.67. The maximum absolute atomic E-state index is 9.79. The fraction of sp³-hybridized carbons (Fsp3) is 0. The first-order valence-electron chi connectivity index (χ1n) is 2.69. The van der Waals surface area contributed by atoms with Crippen molar-refractivity contribution in [2.75, 3.05) is 0 Å². The lowest BCUT2D eigenvalue weighted by atomic mass is 10.2. The quantitative estimate of drug-likeness (QED) is 0.258. The minimum Gasteiger partial charge on any atom is -1.00 e. The summed E-state index contributed by atoms with van der Waals surface area (Å²) in [6.07, 6.45) is 1.40. The predicted molar refractivity (Wildman–Crippen MR) is 35.9 cm³/mol. The summed E-state index contributed by atoms with van der Waals surface area (Å²) in [7, 11) is 0. The Morgan fingerprint density at radius 1 is 1.20 bits per heavy atom. The standard InChI is InChI=1S/C7H7NO.ClH/c9-8-6-7-4-2-1-3-5-7;/h1-6,8H;1H/p-1/b8-6+;. The Hall–Kier alpha value is -1.02. The molecule has 0 saturated heterocycles. The first-order chi connectivity index (χ1) is 4.43. The molecule has 0 spiro atoms. The molecule has 0 heterocycles. The van der Waals surface area contributed by atoms with Crippen molar-refractivity contribution in [1.29, 1.82) is 0 Å². The van der Waals surface area contributed by atoms with Gasteiger partial charge in [0.15, 0.2) is 6.21 Å². The smallest absolute Gasteiger partial charge is 0.179 e. The second-order valence-corrected chi connectivity index (χ2v) is 1.67. The first kappa shape index (κ1) is 8.98. The van der Waals surface area contributed by atoms with Crippen LogP contribution in [0.2, 0.25) is 0 Å². The van der Waals surface area contributed by atoms with Gasteiger partial charge in [-0.3, -0.25) is 0 Å². The van der Waals surface area contributed by atoms with Gasteiger partial charge in [-0.15, -0.1) is 0 Å². The number of hydrogen-bond donors (Lipinski definition) is 1. The van der Waals surface area contributed by atoms with Gasteiger partial charge in [0.1, 0.15) is 0 Å². The Kier molecular flexibility index (Phi) is 4.33. The maximum Gasteiger partial charge on any atom is 0.179 e. The molecular formula is C7H7ClNO-. The molecule has 0 unspecified atom stereocenters. The van der Waals surface area contributed by atoms with E-state index < -0.39 is 0 Å². The molecule has 0 fully saturated rings. The van der Waals surface area contributed by atoms with Crippen molar-refractivity contribution >= 4 is 6.21 Å². The van der Waals surface area contributed by atoms with Gasteiger partial charge in [-0.2, -0.15) is 0 Å². The average Bonchev–Trinajstić information content (AvgIpc) is 1.91. The minimum absolute atomic E-state index is 0. The summed E-state index contributed by atoms with van der Waals surface area (Å²) in [5, 5.41) is 11.5. The van der Waals surface area contributed by atoms with Gasteiger partial charge in [0.05, 0.1) is 0 Å². The van der Waals surface area contributed by atoms with Crippen molar-refractivity contribution in [3.63, 3.8) is 0 Å². The van der Waals surface area contributed by atoms with E-state index in [4.69, 9.17) is 0 Å². The largest absolute Gasteiger partial charge is 1.00 e. The van der Waals surface area contributed by atoms with Crippen molar-refractivity contribution in [1.82, 2.24) is 0 Å². The van der Waals surface area contributed by atoms with Crippen molar-refractivity contribution in [3.05, 3.63) is 41.1 Å². The van der Waals surface area contributed by atoms with Gasteiger partial charge in [0.2, 0.25) is 0 Å². The van der Waals surface area contributed by atoms with Crippen LogP contribution in [-0.2, 0) is 0 Å². The van der Waals surface area contributed by atoms with E-state index in [9.17, 15) is 5.21 Å². The van der Waals surface area contributed by atoms with E-state index in [0.717, 1.165) is 5.56 Å². The molecule has 0 aliphatic carbocycles. The van der Waals surface area contributed by atoms with Crippen LogP contribution in [0.3, 0.4) is 0 Å². The summed E-state index contributed by atoms with van der Waals surface area (Å²) < 4.78 is 0. The van der Waals surface area contributed by atoms with E-state index in [1.165, 1.54) is 6.21 Å². The summed E-state index contributed by atoms with van der Waals surface area (Å²) in [4.78, 5) is 0. The van der Waals surface area contributed by atoms with Crippen LogP contribution in [0.25, 0.3) is 0 Å². The summed E-state index contributed by atoms with van der Waals surface area (Å²) in [6, 6.07) is 9.37. The second kappa shape index (κ2) is 4.82. The third-order valence-corrected chi connectivity index (χ3v) is 1.03. The number of hydrogen-bond acceptors (Lipinski definition) is 1. The molecule has 0 aromatic heterocycles. The summed E-state index contributed by atoms with van der Waals surface area (Å²) in [5.41, 5.74) is 0.896. The molecule has 1 aromatic carbocycles. The monoisotopic (exact) mass is 156 g/mol. The van der Waals surface area contributed by atoms with E-state index in [-0.39, 0.29) is 12.4 Å². The van der Waals surface area contributed by atoms with Gasteiger partial charge < -0.3 is 17.6 Å². The van der Waals surface area contributed by atoms with Crippen molar-refractivity contribution in [2.24, 2.45) is 0 Å². The molecule has 1 N–H and O–H groups in total. The molecule has 10 heavy (non-hydrogen) atoms. The molecule has 1 rings (SSSR count). The molecule has 0 amide bonds. The molecule has 2 nitrogen and oxygen atoms in total. The lowest BCUT2D eigenvalue weighted by Crippen LogP contribution is -3.00. The lowest BCUT2D eigenvalue weighted by molar-refractivity contribution is -0.366. The van der Waals surface area contributed by atoms with Gasteiger partial charge >= 0.3 is 0 Å². The summed E-state index contributed by atoms with van der Waals surface area (Å²) in [5.74, 6) is 0. The molecule has 0 aliphatic heterocycles. The Bertz CT molecular complexity index is 198. The van der Waals surface area contributed by atoms with Gasteiger partial charge in [-0.05, 0) is 12.1 Å². The van der Waals surface area contributed by atoms with Gasteiger partial charge in [0, 0.05) is 5.56 Å². The zero-order valence-electron chi connectivity index (χ0n) is 5.25. The van der Waals surface area contributed by atoms with Crippen LogP contribution in [-0.4, -0.2) is 6.21 Å². The molecule has 0 atom stereocenters. The van der Waals surface area contributed by atoms with E-state index >= 15 is 0 Å². The normalized spacial score (nSPS) is 9.20. The Morgan fingerprint density at radius 2 is 1.80 bits per heavy atom. The van der Waals surface area contributed by atoms with E-state index in [1.54, 1.807) is 5.16 Å². The van der Waals surface area contributed by atoms with Crippen LogP contribution in [0.1, 0.15) is 5.56 Å². The zero-order chi connectivity index (χ0) is 6.53. The SMILES string of the molecule is [Cl-].[O-]/[NH+]=C/c1ccccc1. The van der Waals surface area contributed by atoms with Crippen LogP contribution in [0.5, 0.6) is 0 Å². The third kappa shape index (κ3) is 2.51.